The molecule has 41 heavy (non-hydrogen) atoms. The van der Waals surface area contributed by atoms with Gasteiger partial charge in [-0.2, -0.15) is 0 Å². The van der Waals surface area contributed by atoms with Crippen LogP contribution in [0.5, 0.6) is 11.5 Å². The highest BCUT2D eigenvalue weighted by Gasteiger charge is 2.46. The van der Waals surface area contributed by atoms with E-state index in [4.69, 9.17) is 21.1 Å². The zero-order valence-electron chi connectivity index (χ0n) is 22.2. The van der Waals surface area contributed by atoms with Crippen molar-refractivity contribution >= 4 is 62.9 Å². The molecule has 3 heterocycles. The average Bonchev–Trinajstić information content (AvgIpc) is 3.74. The molecule has 1 unspecified atom stereocenters. The lowest BCUT2D eigenvalue weighted by molar-refractivity contribution is -0.117. The number of unbranched alkanes of at least 4 members (excludes halogenated alkanes) is 1. The van der Waals surface area contributed by atoms with Gasteiger partial charge in [0.15, 0.2) is 21.6 Å². The molecule has 0 fully saturated rings. The Labute approximate surface area is 254 Å². The Morgan fingerprint density at radius 3 is 2.66 bits per heavy atom. The summed E-state index contributed by atoms with van der Waals surface area (Å²) in [7, 11) is 1.53. The van der Waals surface area contributed by atoms with Crippen LogP contribution in [0.4, 0.5) is 5.13 Å². The van der Waals surface area contributed by atoms with Gasteiger partial charge in [-0.3, -0.25) is 14.5 Å². The Hall–Kier alpha value is -3.38. The third kappa shape index (κ3) is 6.28. The number of hydrogen-bond acceptors (Lipinski definition) is 10. The van der Waals surface area contributed by atoms with E-state index in [2.05, 4.69) is 17.1 Å². The quantitative estimate of drug-likeness (QED) is 0.0745. The summed E-state index contributed by atoms with van der Waals surface area (Å²) in [4.78, 5) is 28.9. The van der Waals surface area contributed by atoms with E-state index in [0.29, 0.717) is 43.7 Å². The third-order valence-electron chi connectivity index (χ3n) is 6.33. The molecule has 0 radical (unpaired) electrons. The van der Waals surface area contributed by atoms with Crippen molar-refractivity contribution in [3.05, 3.63) is 92.3 Å². The molecule has 1 amide bonds. The Balaban J connectivity index is 1.50. The monoisotopic (exact) mass is 627 g/mol. The molecule has 2 aromatic carbocycles. The minimum atomic E-state index is -0.947. The Kier molecular flexibility index (Phi) is 9.29. The number of nitrogens with zero attached hydrogens (tertiary/aromatic N) is 3. The van der Waals surface area contributed by atoms with Gasteiger partial charge in [-0.05, 0) is 53.3 Å². The van der Waals surface area contributed by atoms with Crippen LogP contribution in [0.1, 0.15) is 46.6 Å². The number of amides is 1. The molecular weight excluding hydrogens is 602 g/mol. The van der Waals surface area contributed by atoms with Crippen molar-refractivity contribution in [2.45, 2.75) is 35.9 Å². The molecule has 1 atom stereocenters. The average molecular weight is 628 g/mol. The van der Waals surface area contributed by atoms with Gasteiger partial charge in [-0.15, -0.1) is 21.5 Å². The largest absolute Gasteiger partial charge is 0.503 e. The topological polar surface area (TPSA) is 102 Å². The van der Waals surface area contributed by atoms with Gasteiger partial charge < -0.3 is 14.6 Å². The first-order valence-electron chi connectivity index (χ1n) is 12.8. The van der Waals surface area contributed by atoms with E-state index in [0.717, 1.165) is 18.4 Å². The minimum absolute atomic E-state index is 0.0234. The predicted octanol–water partition coefficient (Wildman–Crippen LogP) is 7.52. The molecule has 0 bridgehead atoms. The predicted molar refractivity (Wildman–Crippen MR) is 163 cm³/mol. The first-order chi connectivity index (χ1) is 19.9. The van der Waals surface area contributed by atoms with Crippen molar-refractivity contribution in [2.24, 2.45) is 0 Å². The summed E-state index contributed by atoms with van der Waals surface area (Å²) in [5, 5.41) is 22.3. The lowest BCUT2D eigenvalue weighted by Gasteiger charge is -2.24. The standard InChI is InChI=1S/C29H26ClN3O5S3/c1-3-4-13-38-20-12-9-18(15-21(20)37-2)24-23(25(34)22-6-5-14-39-22)26(35)27(36)33(24)28-31-32-29(41-28)40-16-17-7-10-19(30)11-8-17/h5-12,14-15,24,35H,3-4,13,16H2,1-2H3. The number of anilines is 1. The highest BCUT2D eigenvalue weighted by molar-refractivity contribution is 8.00. The van der Waals surface area contributed by atoms with Crippen molar-refractivity contribution < 1.29 is 24.2 Å². The number of rotatable bonds is 12. The van der Waals surface area contributed by atoms with Crippen molar-refractivity contribution in [1.29, 1.82) is 0 Å². The minimum Gasteiger partial charge on any atom is -0.503 e. The SMILES string of the molecule is CCCCOc1ccc(C2C(C(=O)c3cccs3)=C(O)C(=O)N2c2nnc(SCc3ccc(Cl)cc3)s2)cc1OC. The number of methoxy groups -OCH3 is 1. The molecule has 0 saturated heterocycles. The fourth-order valence-corrected chi connectivity index (χ4v) is 6.90. The van der Waals surface area contributed by atoms with Crippen molar-refractivity contribution in [1.82, 2.24) is 10.2 Å². The number of halogens is 1. The highest BCUT2D eigenvalue weighted by atomic mass is 35.5. The molecule has 2 aromatic heterocycles. The fourth-order valence-electron chi connectivity index (χ4n) is 4.27. The summed E-state index contributed by atoms with van der Waals surface area (Å²) in [6.07, 6.45) is 1.88. The van der Waals surface area contributed by atoms with Gasteiger partial charge in [0.05, 0.1) is 30.2 Å². The third-order valence-corrected chi connectivity index (χ3v) is 9.58. The summed E-state index contributed by atoms with van der Waals surface area (Å²) in [5.41, 5.74) is 1.60. The van der Waals surface area contributed by atoms with Gasteiger partial charge in [0.2, 0.25) is 10.9 Å². The van der Waals surface area contributed by atoms with Crippen LogP contribution in [0, 0.1) is 0 Å². The van der Waals surface area contributed by atoms with Gasteiger partial charge in [-0.25, -0.2) is 0 Å². The zero-order chi connectivity index (χ0) is 28.9. The summed E-state index contributed by atoms with van der Waals surface area (Å²) in [6, 6.07) is 15.2. The van der Waals surface area contributed by atoms with Crippen LogP contribution in [-0.4, -0.2) is 40.7 Å². The van der Waals surface area contributed by atoms with Crippen LogP contribution in [0.3, 0.4) is 0 Å². The van der Waals surface area contributed by atoms with Crippen molar-refractivity contribution in [3.63, 3.8) is 0 Å². The second-order valence-corrected chi connectivity index (χ2v) is 12.6. The lowest BCUT2D eigenvalue weighted by Crippen LogP contribution is -2.31. The second-order valence-electron chi connectivity index (χ2n) is 9.02. The molecule has 0 spiro atoms. The number of carbonyl (C=O) groups excluding carboxylic acids is 2. The number of aliphatic hydroxyl groups is 1. The van der Waals surface area contributed by atoms with E-state index in [-0.39, 0.29) is 10.7 Å². The number of carbonyl (C=O) groups is 2. The molecule has 0 saturated carbocycles. The smallest absolute Gasteiger partial charge is 0.296 e. The molecule has 212 valence electrons. The van der Waals surface area contributed by atoms with E-state index < -0.39 is 23.5 Å². The van der Waals surface area contributed by atoms with Crippen molar-refractivity contribution in [3.8, 4) is 11.5 Å². The molecule has 0 aliphatic carbocycles. The van der Waals surface area contributed by atoms with Crippen LogP contribution in [0.25, 0.3) is 0 Å². The molecule has 1 aliphatic heterocycles. The first kappa shape index (κ1) is 29.1. The van der Waals surface area contributed by atoms with Gasteiger partial charge in [0.25, 0.3) is 5.91 Å². The number of thiophene rings is 1. The number of ketones is 1. The molecule has 8 nitrogen and oxygen atoms in total. The van der Waals surface area contributed by atoms with E-state index in [9.17, 15) is 14.7 Å². The fraction of sp³-hybridized carbons (Fsp3) is 0.241. The Bertz CT molecular complexity index is 1570. The summed E-state index contributed by atoms with van der Waals surface area (Å²) >= 11 is 9.91. The number of hydrogen-bond donors (Lipinski definition) is 1. The number of benzene rings is 2. The maximum Gasteiger partial charge on any atom is 0.296 e. The number of aromatic nitrogens is 2. The normalized spacial score (nSPS) is 15.0. The van der Waals surface area contributed by atoms with Crippen LogP contribution >= 0.6 is 46.0 Å². The summed E-state index contributed by atoms with van der Waals surface area (Å²) in [6.45, 7) is 2.61. The Morgan fingerprint density at radius 1 is 1.15 bits per heavy atom. The van der Waals surface area contributed by atoms with E-state index in [1.807, 2.05) is 24.3 Å². The first-order valence-corrected chi connectivity index (χ1v) is 15.8. The molecular formula is C29H26ClN3O5S3. The van der Waals surface area contributed by atoms with Gasteiger partial charge in [0, 0.05) is 10.8 Å². The van der Waals surface area contributed by atoms with Gasteiger partial charge >= 0.3 is 0 Å². The molecule has 4 aromatic rings. The highest BCUT2D eigenvalue weighted by Crippen LogP contribution is 2.45. The van der Waals surface area contributed by atoms with Crippen LogP contribution in [-0.2, 0) is 10.5 Å². The van der Waals surface area contributed by atoms with E-state index in [1.54, 1.807) is 35.7 Å². The van der Waals surface area contributed by atoms with Gasteiger partial charge in [0.1, 0.15) is 0 Å². The number of ether oxygens (including phenoxy) is 2. The van der Waals surface area contributed by atoms with Crippen LogP contribution in [0.2, 0.25) is 5.02 Å². The second kappa shape index (κ2) is 13.1. The molecule has 1 aliphatic rings. The van der Waals surface area contributed by atoms with Crippen LogP contribution in [0.15, 0.2) is 75.6 Å². The Morgan fingerprint density at radius 2 is 1.95 bits per heavy atom. The maximum absolute atomic E-state index is 13.6. The summed E-state index contributed by atoms with van der Waals surface area (Å²) < 4.78 is 12.1. The number of thioether (sulfide) groups is 1. The number of aliphatic hydroxyl groups excluding tert-OH is 1. The van der Waals surface area contributed by atoms with Gasteiger partial charge in [-0.1, -0.05) is 72.3 Å². The maximum atomic E-state index is 13.6. The number of Topliss-reactive ketones (excluding diaryl/α,β-unsaturated/α-hetero) is 1. The molecule has 12 heteroatoms. The van der Waals surface area contributed by atoms with E-state index in [1.165, 1.54) is 46.4 Å². The van der Waals surface area contributed by atoms with Crippen LogP contribution < -0.4 is 14.4 Å². The molecule has 5 rings (SSSR count). The van der Waals surface area contributed by atoms with Crippen molar-refractivity contribution in [2.75, 3.05) is 18.6 Å². The van der Waals surface area contributed by atoms with E-state index >= 15 is 0 Å². The molecule has 1 N–H and O–H groups in total. The summed E-state index contributed by atoms with van der Waals surface area (Å²) in [5.74, 6) is -0.120. The lowest BCUT2D eigenvalue weighted by atomic mass is 9.95. The zero-order valence-corrected chi connectivity index (χ0v) is 25.4.